The van der Waals surface area contributed by atoms with Gasteiger partial charge in [-0.2, -0.15) is 0 Å². The lowest BCUT2D eigenvalue weighted by Crippen LogP contribution is -2.39. The molecule has 6 aliphatic rings. The number of nitrogens with zero attached hydrogens (tertiary/aromatic N) is 4. The highest BCUT2D eigenvalue weighted by Crippen LogP contribution is 2.52. The van der Waals surface area contributed by atoms with Gasteiger partial charge in [-0.3, -0.25) is 0 Å². The first kappa shape index (κ1) is 36.9. The number of allylic oxidation sites excluding steroid dienone is 7. The molecule has 2 heterocycles. The van der Waals surface area contributed by atoms with Crippen molar-refractivity contribution in [2.24, 2.45) is 11.8 Å². The van der Waals surface area contributed by atoms with Crippen LogP contribution in [0, 0.1) is 11.8 Å². The van der Waals surface area contributed by atoms with Crippen LogP contribution in [-0.2, 0) is 0 Å². The summed E-state index contributed by atoms with van der Waals surface area (Å²) in [5.41, 5.74) is 18.3. The molecule has 2 saturated heterocycles. The van der Waals surface area contributed by atoms with Crippen LogP contribution < -0.4 is 9.80 Å². The Balaban J connectivity index is 1.44. The smallest absolute Gasteiger partial charge is 0.157 e. The standard InChI is InChI=1S/C50H64N4/c1-33(2)37-17-25-41(26-18-37)51-45-13-9-10-14-46(45)52(42-27-19-38(20-28-42)34(3)4)49(51)50-53(43-29-21-39(22-30-43)35(5)6)47-15-11-12-16-48(47)54(50)44-31-23-40(24-32-44)36(7)8/h17-19,21-23,25-27,29-31,33-36,45-48H,9-16,20,28H2,1-8H3/b50-49-. The molecular weight excluding hydrogens is 657 g/mol. The normalized spacial score (nSPS) is 26.9. The molecule has 0 aromatic heterocycles. The number of hydrogen-bond donors (Lipinski definition) is 0. The van der Waals surface area contributed by atoms with Crippen molar-refractivity contribution < 1.29 is 0 Å². The quantitative estimate of drug-likeness (QED) is 0.252. The largest absolute Gasteiger partial charge is 0.323 e. The first-order valence-electron chi connectivity index (χ1n) is 21.6. The third-order valence-corrected chi connectivity index (χ3v) is 13.4. The van der Waals surface area contributed by atoms with Crippen molar-refractivity contribution in [1.82, 2.24) is 9.80 Å². The number of rotatable bonds is 8. The van der Waals surface area contributed by atoms with E-state index in [0.717, 1.165) is 18.5 Å². The Morgan fingerprint density at radius 3 is 1.37 bits per heavy atom. The summed E-state index contributed by atoms with van der Waals surface area (Å²) < 4.78 is 0. The highest BCUT2D eigenvalue weighted by Gasteiger charge is 2.54. The van der Waals surface area contributed by atoms with Crippen LogP contribution in [0.2, 0.25) is 0 Å². The van der Waals surface area contributed by atoms with Gasteiger partial charge in [0.2, 0.25) is 0 Å². The van der Waals surface area contributed by atoms with E-state index in [4.69, 9.17) is 0 Å². The number of anilines is 2. The molecule has 4 heteroatoms. The van der Waals surface area contributed by atoms with Crippen molar-refractivity contribution >= 4 is 11.4 Å². The Morgan fingerprint density at radius 2 is 0.963 bits per heavy atom. The summed E-state index contributed by atoms with van der Waals surface area (Å²) in [6, 6.07) is 20.9. The monoisotopic (exact) mass is 721 g/mol. The minimum atomic E-state index is 0.364. The summed E-state index contributed by atoms with van der Waals surface area (Å²) in [4.78, 5) is 11.2. The van der Waals surface area contributed by atoms with Crippen LogP contribution in [0.4, 0.5) is 11.4 Å². The molecule has 4 fully saturated rings. The fourth-order valence-corrected chi connectivity index (χ4v) is 10.2. The van der Waals surface area contributed by atoms with Gasteiger partial charge in [-0.25, -0.2) is 0 Å². The van der Waals surface area contributed by atoms with Gasteiger partial charge in [-0.05, 0) is 122 Å². The van der Waals surface area contributed by atoms with Crippen molar-refractivity contribution in [2.75, 3.05) is 9.80 Å². The van der Waals surface area contributed by atoms with E-state index in [1.165, 1.54) is 96.8 Å². The molecule has 2 saturated carbocycles. The Bertz CT molecular complexity index is 1940. The molecule has 4 atom stereocenters. The van der Waals surface area contributed by atoms with Crippen molar-refractivity contribution in [2.45, 2.75) is 156 Å². The molecule has 4 aliphatic carbocycles. The predicted octanol–water partition coefficient (Wildman–Crippen LogP) is 12.7. The maximum atomic E-state index is 3.77. The summed E-state index contributed by atoms with van der Waals surface area (Å²) in [7, 11) is 0. The van der Waals surface area contributed by atoms with Crippen LogP contribution in [-0.4, -0.2) is 34.0 Å². The van der Waals surface area contributed by atoms with E-state index < -0.39 is 0 Å². The van der Waals surface area contributed by atoms with Gasteiger partial charge in [0, 0.05) is 22.6 Å². The van der Waals surface area contributed by atoms with Crippen LogP contribution in [0.5, 0.6) is 0 Å². The topological polar surface area (TPSA) is 13.0 Å². The van der Waals surface area contributed by atoms with Gasteiger partial charge >= 0.3 is 0 Å². The molecule has 0 amide bonds. The molecule has 2 aromatic rings. The van der Waals surface area contributed by atoms with E-state index >= 15 is 0 Å². The Kier molecular flexibility index (Phi) is 10.4. The summed E-state index contributed by atoms with van der Waals surface area (Å²) >= 11 is 0. The molecule has 0 N–H and O–H groups in total. The fraction of sp³-hybridized carbons (Fsp3) is 0.520. The average molecular weight is 721 g/mol. The molecule has 4 nitrogen and oxygen atoms in total. The fourth-order valence-electron chi connectivity index (χ4n) is 10.2. The lowest BCUT2D eigenvalue weighted by atomic mass is 9.88. The van der Waals surface area contributed by atoms with Gasteiger partial charge in [-0.1, -0.05) is 123 Å². The van der Waals surface area contributed by atoms with Crippen molar-refractivity contribution in [3.8, 4) is 0 Å². The van der Waals surface area contributed by atoms with Crippen LogP contribution in [0.15, 0.2) is 118 Å². The van der Waals surface area contributed by atoms with E-state index in [1.54, 1.807) is 5.57 Å². The minimum Gasteiger partial charge on any atom is -0.323 e. The molecule has 0 bridgehead atoms. The zero-order valence-electron chi connectivity index (χ0n) is 34.4. The summed E-state index contributed by atoms with van der Waals surface area (Å²) in [5, 5.41) is 0. The minimum absolute atomic E-state index is 0.364. The maximum Gasteiger partial charge on any atom is 0.157 e. The van der Waals surface area contributed by atoms with Gasteiger partial charge in [0.05, 0.1) is 29.9 Å². The van der Waals surface area contributed by atoms with E-state index in [0.29, 0.717) is 47.8 Å². The van der Waals surface area contributed by atoms with Crippen molar-refractivity contribution in [1.29, 1.82) is 0 Å². The summed E-state index contributed by atoms with van der Waals surface area (Å²) in [5.74, 6) is 4.72. The lowest BCUT2D eigenvalue weighted by molar-refractivity contribution is 0.255. The Hall–Kier alpha value is -4.10. The highest BCUT2D eigenvalue weighted by molar-refractivity contribution is 5.65. The zero-order valence-corrected chi connectivity index (χ0v) is 34.4. The second-order valence-corrected chi connectivity index (χ2v) is 18.1. The number of hydrogen-bond acceptors (Lipinski definition) is 4. The van der Waals surface area contributed by atoms with Gasteiger partial charge in [0.15, 0.2) is 11.6 Å². The predicted molar refractivity (Wildman–Crippen MR) is 227 cm³/mol. The molecule has 2 aliphatic heterocycles. The molecule has 8 rings (SSSR count). The van der Waals surface area contributed by atoms with E-state index in [2.05, 4.69) is 159 Å². The molecule has 0 radical (unpaired) electrons. The van der Waals surface area contributed by atoms with Crippen molar-refractivity contribution in [3.05, 3.63) is 130 Å². The third-order valence-electron chi connectivity index (χ3n) is 13.4. The number of fused-ring (bicyclic) bond motifs is 2. The van der Waals surface area contributed by atoms with Crippen LogP contribution in [0.25, 0.3) is 0 Å². The maximum absolute atomic E-state index is 3.77. The average Bonchev–Trinajstić information content (AvgIpc) is 3.71. The second kappa shape index (κ2) is 15.2. The third kappa shape index (κ3) is 6.65. The van der Waals surface area contributed by atoms with Gasteiger partial charge < -0.3 is 19.6 Å². The SMILES string of the molecule is CC(C)C1=C=C=C(N2/C(=C3\N(C4=CC=C(C(C)C)CC4)C4CCCCC4N3c3ccc(C(C)C)cc3)N(c3ccc(C(C)C)cc3)C3CCCCC32)C=C1. The molecule has 2 aromatic carbocycles. The highest BCUT2D eigenvalue weighted by atomic mass is 15.5. The molecule has 4 unspecified atom stereocenters. The van der Waals surface area contributed by atoms with Crippen molar-refractivity contribution in [3.63, 3.8) is 0 Å². The zero-order chi connectivity index (χ0) is 37.7. The summed E-state index contributed by atoms with van der Waals surface area (Å²) in [6.07, 6.45) is 21.8. The molecule has 0 spiro atoms. The van der Waals surface area contributed by atoms with Gasteiger partial charge in [0.25, 0.3) is 0 Å². The summed E-state index contributed by atoms with van der Waals surface area (Å²) in [6.45, 7) is 18.5. The van der Waals surface area contributed by atoms with Crippen LogP contribution in [0.3, 0.4) is 0 Å². The molecule has 54 heavy (non-hydrogen) atoms. The second-order valence-electron chi connectivity index (χ2n) is 18.1. The van der Waals surface area contributed by atoms with Gasteiger partial charge in [0.1, 0.15) is 0 Å². The van der Waals surface area contributed by atoms with E-state index in [-0.39, 0.29) is 0 Å². The Morgan fingerprint density at radius 1 is 0.481 bits per heavy atom. The lowest BCUT2D eigenvalue weighted by Gasteiger charge is -2.37. The molecule has 284 valence electrons. The molecular formula is C50H64N4. The first-order valence-corrected chi connectivity index (χ1v) is 21.6. The van der Waals surface area contributed by atoms with Crippen LogP contribution >= 0.6 is 0 Å². The van der Waals surface area contributed by atoms with Crippen LogP contribution in [0.1, 0.15) is 143 Å². The Labute approximate surface area is 327 Å². The number of benzene rings is 2. The van der Waals surface area contributed by atoms with E-state index in [9.17, 15) is 0 Å². The van der Waals surface area contributed by atoms with Gasteiger partial charge in [-0.15, -0.1) is 0 Å². The van der Waals surface area contributed by atoms with E-state index in [1.807, 2.05) is 0 Å². The first-order chi connectivity index (χ1) is 26.1.